The summed E-state index contributed by atoms with van der Waals surface area (Å²) < 4.78 is 67.8. The van der Waals surface area contributed by atoms with Crippen LogP contribution in [-0.4, -0.2) is 19.4 Å². The van der Waals surface area contributed by atoms with Crippen LogP contribution in [0.5, 0.6) is 5.75 Å². The van der Waals surface area contributed by atoms with Gasteiger partial charge in [-0.05, 0) is 16.0 Å². The number of aromatic hydroxyl groups is 1. The van der Waals surface area contributed by atoms with Crippen molar-refractivity contribution < 1.29 is 44.1 Å². The third-order valence-corrected chi connectivity index (χ3v) is 6.38. The van der Waals surface area contributed by atoms with Crippen molar-refractivity contribution in [2.24, 2.45) is 4.99 Å². The fourth-order valence-electron chi connectivity index (χ4n) is 2.90. The van der Waals surface area contributed by atoms with Crippen molar-refractivity contribution in [2.45, 2.75) is 19.6 Å². The number of nitrogens with zero attached hydrogens (tertiary/aromatic N) is 1. The van der Waals surface area contributed by atoms with E-state index >= 15 is 0 Å². The number of hydrogen-bond acceptors (Lipinski definition) is 2. The zero-order valence-corrected chi connectivity index (χ0v) is 20.6. The Bertz CT molecular complexity index is 1130. The van der Waals surface area contributed by atoms with Gasteiger partial charge in [-0.1, -0.05) is 50.0 Å². The quantitative estimate of drug-likeness (QED) is 0.130. The van der Waals surface area contributed by atoms with E-state index in [1.165, 1.54) is 0 Å². The number of halogens is 7. The van der Waals surface area contributed by atoms with Gasteiger partial charge in [0.25, 0.3) is 0 Å². The van der Waals surface area contributed by atoms with Gasteiger partial charge in [0.15, 0.2) is 23.3 Å². The zero-order valence-electron chi connectivity index (χ0n) is 16.5. The van der Waals surface area contributed by atoms with Crippen LogP contribution < -0.4 is 5.19 Å². The van der Waals surface area contributed by atoms with Crippen LogP contribution >= 0.6 is 18.6 Å². The Balaban J connectivity index is 0.00000107. The van der Waals surface area contributed by atoms with Crippen molar-refractivity contribution in [3.63, 3.8) is 0 Å². The zero-order chi connectivity index (χ0) is 23.5. The molecule has 0 aromatic heterocycles. The van der Waals surface area contributed by atoms with Crippen molar-refractivity contribution in [1.29, 1.82) is 0 Å². The summed E-state index contributed by atoms with van der Waals surface area (Å²) in [6.07, 6.45) is 0.930. The Morgan fingerprint density at radius 2 is 1.39 bits per heavy atom. The van der Waals surface area contributed by atoms with Crippen LogP contribution in [-0.2, 0) is 17.0 Å². The molecule has 0 saturated heterocycles. The number of phenolic OH excluding ortho intramolecular Hbond substituents is 1. The Morgan fingerprint density at radius 1 is 0.903 bits per heavy atom. The molecule has 0 fully saturated rings. The topological polar surface area (TPSA) is 32.6 Å². The van der Waals surface area contributed by atoms with Gasteiger partial charge in [0.1, 0.15) is 11.4 Å². The summed E-state index contributed by atoms with van der Waals surface area (Å²) in [7, 11) is 7.77. The Kier molecular flexibility index (Phi) is 8.70. The van der Waals surface area contributed by atoms with Gasteiger partial charge >= 0.3 is 35.6 Å². The molecule has 0 bridgehead atoms. The van der Waals surface area contributed by atoms with Gasteiger partial charge in [0.2, 0.25) is 5.82 Å². The first-order valence-corrected chi connectivity index (χ1v) is 16.5. The van der Waals surface area contributed by atoms with E-state index in [1.807, 2.05) is 25.7 Å². The Morgan fingerprint density at radius 3 is 1.90 bits per heavy atom. The molecule has 164 valence electrons. The van der Waals surface area contributed by atoms with Crippen molar-refractivity contribution >= 4 is 54.5 Å². The van der Waals surface area contributed by atoms with E-state index in [0.717, 1.165) is 11.6 Å². The van der Waals surface area contributed by atoms with Gasteiger partial charge in [0, 0.05) is 11.8 Å². The molecule has 0 spiro atoms. The van der Waals surface area contributed by atoms with E-state index in [0.29, 0.717) is 10.6 Å². The van der Waals surface area contributed by atoms with E-state index in [9.17, 15) is 27.1 Å². The van der Waals surface area contributed by atoms with E-state index < -0.39 is 59.9 Å². The van der Waals surface area contributed by atoms with Crippen molar-refractivity contribution in [3.8, 4) is 5.75 Å². The van der Waals surface area contributed by atoms with Crippen molar-refractivity contribution in [1.82, 2.24) is 0 Å². The molecule has 3 rings (SSSR count). The predicted octanol–water partition coefficient (Wildman–Crippen LogP) is 6.91. The first-order chi connectivity index (χ1) is 14.4. The van der Waals surface area contributed by atoms with Crippen LogP contribution in [0.4, 0.5) is 27.6 Å². The molecule has 0 unspecified atom stereocenters. The molecule has 0 heterocycles. The molecule has 0 aliphatic rings. The van der Waals surface area contributed by atoms with E-state index in [2.05, 4.69) is 4.99 Å². The fourth-order valence-corrected chi connectivity index (χ4v) is 4.34. The minimum atomic E-state index is -2.25. The predicted molar refractivity (Wildman–Crippen MR) is 114 cm³/mol. The third-order valence-electron chi connectivity index (χ3n) is 4.38. The average molecular weight is 528 g/mol. The second kappa shape index (κ2) is 10.4. The molecule has 1 N–H and O–H groups in total. The van der Waals surface area contributed by atoms with E-state index in [1.54, 1.807) is 24.3 Å². The van der Waals surface area contributed by atoms with Gasteiger partial charge in [0.05, 0.1) is 8.07 Å². The maximum absolute atomic E-state index is 13.9. The van der Waals surface area contributed by atoms with Crippen LogP contribution in [0.1, 0.15) is 5.56 Å². The summed E-state index contributed by atoms with van der Waals surface area (Å²) in [5.74, 6) is -10.6. The summed E-state index contributed by atoms with van der Waals surface area (Å²) >= 11 is -0.556. The molecule has 11 heteroatoms. The second-order valence-corrected chi connectivity index (χ2v) is 15.0. The number of phenols is 1. The maximum atomic E-state index is 13.9. The van der Waals surface area contributed by atoms with Gasteiger partial charge < -0.3 is 5.11 Å². The Hall–Kier alpha value is -1.45. The summed E-state index contributed by atoms with van der Waals surface area (Å²) in [5, 5.41) is 12.7. The van der Waals surface area contributed by atoms with Crippen LogP contribution in [0, 0.1) is 29.1 Å². The molecular formula is C20H16Cl2F5NOSiTi. The van der Waals surface area contributed by atoms with E-state index in [-0.39, 0.29) is 11.3 Å². The molecule has 2 nitrogen and oxygen atoms in total. The fraction of sp³-hybridized carbons (Fsp3) is 0.150. The van der Waals surface area contributed by atoms with Crippen LogP contribution in [0.15, 0.2) is 35.3 Å². The number of fused-ring (bicyclic) bond motifs is 1. The number of rotatable bonds is 3. The molecule has 3 aromatic carbocycles. The summed E-state index contributed by atoms with van der Waals surface area (Å²) in [5.41, 5.74) is -1.15. The van der Waals surface area contributed by atoms with E-state index in [4.69, 9.17) is 18.6 Å². The first-order valence-electron chi connectivity index (χ1n) is 8.72. The first kappa shape index (κ1) is 25.8. The minimum absolute atomic E-state index is 0.120. The molecule has 3 aromatic rings. The molecular weight excluding hydrogens is 512 g/mol. The monoisotopic (exact) mass is 527 g/mol. The van der Waals surface area contributed by atoms with Gasteiger partial charge in [-0.2, -0.15) is 0 Å². The molecule has 0 amide bonds. The summed E-state index contributed by atoms with van der Waals surface area (Å²) in [6.45, 7) is 6.01. The molecule has 0 radical (unpaired) electrons. The van der Waals surface area contributed by atoms with Crippen LogP contribution in [0.2, 0.25) is 19.6 Å². The number of aliphatic imine (C=N–C) groups is 1. The molecule has 0 aliphatic heterocycles. The number of hydrogen-bond donors (Lipinski definition) is 1. The van der Waals surface area contributed by atoms with Crippen molar-refractivity contribution in [2.75, 3.05) is 0 Å². The molecule has 0 saturated carbocycles. The SMILES string of the molecule is C[Si](C)(C)c1cc2ccccc2c(C=Nc2c(F)c(F)c(F)c(F)c2F)c1O.[Cl][Ti][Cl]. The van der Waals surface area contributed by atoms with Gasteiger partial charge in [-0.25, -0.2) is 26.9 Å². The third kappa shape index (κ3) is 5.49. The molecule has 31 heavy (non-hydrogen) atoms. The second-order valence-electron chi connectivity index (χ2n) is 7.41. The van der Waals surface area contributed by atoms with Gasteiger partial charge in [-0.3, -0.25) is 0 Å². The van der Waals surface area contributed by atoms with Crippen LogP contribution in [0.3, 0.4) is 0 Å². The molecule has 0 aliphatic carbocycles. The average Bonchev–Trinajstić information content (AvgIpc) is 2.71. The normalized spacial score (nSPS) is 11.5. The van der Waals surface area contributed by atoms with Gasteiger partial charge in [-0.15, -0.1) is 0 Å². The Labute approximate surface area is 193 Å². The summed E-state index contributed by atoms with van der Waals surface area (Å²) in [6, 6.07) is 8.80. The van der Waals surface area contributed by atoms with Crippen molar-refractivity contribution in [3.05, 3.63) is 65.0 Å². The number of benzene rings is 3. The molecule has 0 atom stereocenters. The van der Waals surface area contributed by atoms with Crippen LogP contribution in [0.25, 0.3) is 10.8 Å². The standard InChI is InChI=1S/C20H16F5NOSi.2ClH.Ti/c1-28(2,3)13-8-10-6-4-5-7-11(10)12(20(13)27)9-26-19-17(24)15(22)14(21)16(23)18(19)25;;;/h4-9,27H,1-3H3;2*1H;/q;;;+2/p-2. The summed E-state index contributed by atoms with van der Waals surface area (Å²) in [4.78, 5) is 3.51.